The van der Waals surface area contributed by atoms with Crippen LogP contribution in [0.4, 0.5) is 0 Å². The first-order valence-electron chi connectivity index (χ1n) is 7.03. The fraction of sp³-hybridized carbons (Fsp3) is 0.600. The van der Waals surface area contributed by atoms with Crippen molar-refractivity contribution in [2.24, 2.45) is 0 Å². The number of aryl methyl sites for hydroxylation is 1. The van der Waals surface area contributed by atoms with Crippen molar-refractivity contribution in [3.05, 3.63) is 30.1 Å². The van der Waals surface area contributed by atoms with E-state index in [9.17, 15) is 4.79 Å². The second-order valence-electron chi connectivity index (χ2n) is 4.60. The molecule has 1 rings (SSSR count). The summed E-state index contributed by atoms with van der Waals surface area (Å²) in [6, 6.07) is 5.96. The number of amides is 1. The van der Waals surface area contributed by atoms with Crippen molar-refractivity contribution in [1.29, 1.82) is 0 Å². The van der Waals surface area contributed by atoms with Crippen molar-refractivity contribution in [3.8, 4) is 0 Å². The summed E-state index contributed by atoms with van der Waals surface area (Å²) in [6.45, 7) is 4.59. The lowest BCUT2D eigenvalue weighted by Gasteiger charge is -2.30. The first kappa shape index (κ1) is 15.6. The van der Waals surface area contributed by atoms with Crippen LogP contribution in [0.2, 0.25) is 0 Å². The number of carbonyl (C=O) groups excluding carboxylic acids is 1. The number of aliphatic hydroxyl groups is 1. The lowest BCUT2D eigenvalue weighted by atomic mass is 10.1. The molecule has 1 heterocycles. The van der Waals surface area contributed by atoms with Crippen LogP contribution in [0.5, 0.6) is 0 Å². The minimum Gasteiger partial charge on any atom is -0.395 e. The van der Waals surface area contributed by atoms with E-state index >= 15 is 0 Å². The Hall–Kier alpha value is -1.42. The van der Waals surface area contributed by atoms with Crippen LogP contribution in [0.1, 0.15) is 38.8 Å². The van der Waals surface area contributed by atoms with Crippen molar-refractivity contribution in [3.63, 3.8) is 0 Å². The maximum atomic E-state index is 12.3. The van der Waals surface area contributed by atoms with Gasteiger partial charge in [-0.2, -0.15) is 0 Å². The largest absolute Gasteiger partial charge is 0.395 e. The smallest absolute Gasteiger partial charge is 0.223 e. The SMILES string of the molecule is CCC(CC)N(CCO)C(=O)CCc1ccccn1. The predicted molar refractivity (Wildman–Crippen MR) is 75.7 cm³/mol. The standard InChI is InChI=1S/C15H24N2O2/c1-3-14(4-2)17(11-12-18)15(19)9-8-13-7-5-6-10-16-13/h5-7,10,14,18H,3-4,8-9,11-12H2,1-2H3. The Morgan fingerprint density at radius 2 is 2.11 bits per heavy atom. The highest BCUT2D eigenvalue weighted by molar-refractivity contribution is 5.76. The minimum absolute atomic E-state index is 0.0197. The zero-order valence-electron chi connectivity index (χ0n) is 11.9. The zero-order chi connectivity index (χ0) is 14.1. The van der Waals surface area contributed by atoms with Gasteiger partial charge in [0.1, 0.15) is 0 Å². The van der Waals surface area contributed by atoms with Crippen LogP contribution in [0.3, 0.4) is 0 Å². The molecule has 0 spiro atoms. The van der Waals surface area contributed by atoms with Crippen LogP contribution in [-0.4, -0.2) is 40.1 Å². The van der Waals surface area contributed by atoms with Gasteiger partial charge in [-0.3, -0.25) is 9.78 Å². The average Bonchev–Trinajstić information content (AvgIpc) is 2.46. The number of aromatic nitrogens is 1. The van der Waals surface area contributed by atoms with Crippen molar-refractivity contribution >= 4 is 5.91 Å². The highest BCUT2D eigenvalue weighted by Gasteiger charge is 2.20. The molecule has 1 amide bonds. The molecule has 4 nitrogen and oxygen atoms in total. The van der Waals surface area contributed by atoms with E-state index in [2.05, 4.69) is 18.8 Å². The number of pyridine rings is 1. The van der Waals surface area contributed by atoms with Crippen molar-refractivity contribution in [2.75, 3.05) is 13.2 Å². The fourth-order valence-electron chi connectivity index (χ4n) is 2.27. The summed E-state index contributed by atoms with van der Waals surface area (Å²) < 4.78 is 0. The minimum atomic E-state index is 0.0197. The molecule has 0 fully saturated rings. The number of hydrogen-bond donors (Lipinski definition) is 1. The molecule has 1 aromatic rings. The molecular formula is C15H24N2O2. The van der Waals surface area contributed by atoms with Crippen LogP contribution in [-0.2, 0) is 11.2 Å². The molecule has 0 bridgehead atoms. The molecule has 0 radical (unpaired) electrons. The average molecular weight is 264 g/mol. The Labute approximate surface area is 115 Å². The van der Waals surface area contributed by atoms with Crippen LogP contribution in [0.15, 0.2) is 24.4 Å². The van der Waals surface area contributed by atoms with E-state index in [-0.39, 0.29) is 18.6 Å². The van der Waals surface area contributed by atoms with Gasteiger partial charge in [0.05, 0.1) is 6.61 Å². The van der Waals surface area contributed by atoms with E-state index in [1.54, 1.807) is 6.20 Å². The Morgan fingerprint density at radius 1 is 1.37 bits per heavy atom. The number of nitrogens with zero attached hydrogens (tertiary/aromatic N) is 2. The van der Waals surface area contributed by atoms with Crippen LogP contribution >= 0.6 is 0 Å². The quantitative estimate of drug-likeness (QED) is 0.781. The third-order valence-electron chi connectivity index (χ3n) is 3.37. The van der Waals surface area contributed by atoms with Gasteiger partial charge in [-0.15, -0.1) is 0 Å². The maximum Gasteiger partial charge on any atom is 0.223 e. The van der Waals surface area contributed by atoms with E-state index in [0.717, 1.165) is 18.5 Å². The Morgan fingerprint density at radius 3 is 2.63 bits per heavy atom. The summed E-state index contributed by atoms with van der Waals surface area (Å²) in [5, 5.41) is 9.10. The third-order valence-corrected chi connectivity index (χ3v) is 3.37. The summed E-state index contributed by atoms with van der Waals surface area (Å²) in [5.74, 6) is 0.105. The molecule has 0 aromatic carbocycles. The fourth-order valence-corrected chi connectivity index (χ4v) is 2.27. The zero-order valence-corrected chi connectivity index (χ0v) is 11.9. The molecule has 1 aromatic heterocycles. The predicted octanol–water partition coefficient (Wildman–Crippen LogP) is 2.02. The summed E-state index contributed by atoms with van der Waals surface area (Å²) in [6.07, 6.45) is 4.69. The first-order chi connectivity index (χ1) is 9.22. The highest BCUT2D eigenvalue weighted by atomic mass is 16.3. The molecule has 0 unspecified atom stereocenters. The van der Waals surface area contributed by atoms with Gasteiger partial charge in [-0.25, -0.2) is 0 Å². The molecule has 0 aliphatic carbocycles. The molecule has 1 N–H and O–H groups in total. The molecule has 0 aliphatic heterocycles. The lowest BCUT2D eigenvalue weighted by molar-refractivity contribution is -0.134. The summed E-state index contributed by atoms with van der Waals surface area (Å²) in [5.41, 5.74) is 0.935. The number of hydrogen-bond acceptors (Lipinski definition) is 3. The third kappa shape index (κ3) is 4.99. The maximum absolute atomic E-state index is 12.3. The number of carbonyl (C=O) groups is 1. The molecule has 0 saturated carbocycles. The van der Waals surface area contributed by atoms with E-state index < -0.39 is 0 Å². The van der Waals surface area contributed by atoms with Crippen LogP contribution in [0.25, 0.3) is 0 Å². The second kappa shape index (κ2) is 8.64. The van der Waals surface area contributed by atoms with Gasteiger partial charge in [-0.1, -0.05) is 19.9 Å². The Balaban J connectivity index is 2.57. The Bertz CT molecular complexity index is 364. The molecule has 0 saturated heterocycles. The molecule has 19 heavy (non-hydrogen) atoms. The lowest BCUT2D eigenvalue weighted by Crippen LogP contribution is -2.41. The summed E-state index contributed by atoms with van der Waals surface area (Å²) in [4.78, 5) is 18.3. The van der Waals surface area contributed by atoms with Crippen molar-refractivity contribution < 1.29 is 9.90 Å². The van der Waals surface area contributed by atoms with E-state index in [4.69, 9.17) is 5.11 Å². The molecule has 106 valence electrons. The molecular weight excluding hydrogens is 240 g/mol. The summed E-state index contributed by atoms with van der Waals surface area (Å²) in [7, 11) is 0. The molecule has 0 atom stereocenters. The van der Waals surface area contributed by atoms with Gasteiger partial charge >= 0.3 is 0 Å². The van der Waals surface area contributed by atoms with Crippen molar-refractivity contribution in [1.82, 2.24) is 9.88 Å². The van der Waals surface area contributed by atoms with Gasteiger partial charge in [0.25, 0.3) is 0 Å². The molecule has 4 heteroatoms. The van der Waals surface area contributed by atoms with E-state index in [1.165, 1.54) is 0 Å². The first-order valence-corrected chi connectivity index (χ1v) is 7.03. The normalized spacial score (nSPS) is 10.7. The Kier molecular flexibility index (Phi) is 7.11. The van der Waals surface area contributed by atoms with Crippen LogP contribution < -0.4 is 0 Å². The van der Waals surface area contributed by atoms with Gasteiger partial charge in [0.2, 0.25) is 5.91 Å². The second-order valence-corrected chi connectivity index (χ2v) is 4.60. The topological polar surface area (TPSA) is 53.4 Å². The van der Waals surface area contributed by atoms with Gasteiger partial charge in [-0.05, 0) is 31.4 Å². The van der Waals surface area contributed by atoms with Gasteiger partial charge in [0, 0.05) is 30.9 Å². The number of rotatable bonds is 8. The monoisotopic (exact) mass is 264 g/mol. The molecule has 0 aliphatic rings. The van der Waals surface area contributed by atoms with Crippen molar-refractivity contribution in [2.45, 2.75) is 45.6 Å². The van der Waals surface area contributed by atoms with Crippen LogP contribution in [0, 0.1) is 0 Å². The summed E-state index contributed by atoms with van der Waals surface area (Å²) >= 11 is 0. The number of aliphatic hydroxyl groups excluding tert-OH is 1. The van der Waals surface area contributed by atoms with Gasteiger partial charge < -0.3 is 10.0 Å². The van der Waals surface area contributed by atoms with Gasteiger partial charge in [0.15, 0.2) is 0 Å². The highest BCUT2D eigenvalue weighted by Crippen LogP contribution is 2.11. The van der Waals surface area contributed by atoms with E-state index in [0.29, 0.717) is 19.4 Å². The van der Waals surface area contributed by atoms with E-state index in [1.807, 2.05) is 23.1 Å².